The molecule has 45 heavy (non-hydrogen) atoms. The molecule has 1 saturated heterocycles. The number of benzene rings is 2. The zero-order chi connectivity index (χ0) is 33.1. The summed E-state index contributed by atoms with van der Waals surface area (Å²) in [5.41, 5.74) is 0.759. The number of aryl methyl sites for hydroxylation is 1. The van der Waals surface area contributed by atoms with E-state index in [0.717, 1.165) is 0 Å². The number of hydrogen-bond donors (Lipinski definition) is 3. The quantitative estimate of drug-likeness (QED) is 0.238. The number of carbonyl (C=O) groups excluding carboxylic acids is 3. The van der Waals surface area contributed by atoms with Crippen LogP contribution in [0.3, 0.4) is 0 Å². The fourth-order valence-electron chi connectivity index (χ4n) is 4.92. The van der Waals surface area contributed by atoms with Gasteiger partial charge in [-0.25, -0.2) is 4.79 Å². The molecule has 0 spiro atoms. The van der Waals surface area contributed by atoms with E-state index in [1.807, 2.05) is 20.8 Å². The van der Waals surface area contributed by atoms with E-state index in [4.69, 9.17) is 4.74 Å². The second kappa shape index (κ2) is 13.0. The Kier molecular flexibility index (Phi) is 9.40. The molecule has 15 nitrogen and oxygen atoms in total. The highest BCUT2D eigenvalue weighted by Gasteiger charge is 2.44. The number of hydrogen-bond acceptors (Lipinski definition) is 8. The summed E-state index contributed by atoms with van der Waals surface area (Å²) in [5, 5.41) is 30.8. The Hall–Kier alpha value is -5.47. The van der Waals surface area contributed by atoms with Gasteiger partial charge in [-0.2, -0.15) is 5.10 Å². The van der Waals surface area contributed by atoms with E-state index in [2.05, 4.69) is 15.7 Å². The van der Waals surface area contributed by atoms with Gasteiger partial charge in [0.15, 0.2) is 6.17 Å². The van der Waals surface area contributed by atoms with Crippen LogP contribution in [-0.2, 0) is 22.1 Å². The van der Waals surface area contributed by atoms with Crippen molar-refractivity contribution < 1.29 is 33.9 Å². The molecule has 238 valence electrons. The smallest absolute Gasteiger partial charge is 0.323 e. The second-order valence-electron chi connectivity index (χ2n) is 11.5. The van der Waals surface area contributed by atoms with Crippen LogP contribution in [0.1, 0.15) is 55.0 Å². The van der Waals surface area contributed by atoms with Gasteiger partial charge in [-0.3, -0.25) is 34.1 Å². The van der Waals surface area contributed by atoms with Crippen molar-refractivity contribution in [2.45, 2.75) is 44.8 Å². The highest BCUT2D eigenvalue weighted by molar-refractivity contribution is 6.00. The molecule has 2 unspecified atom stereocenters. The number of amides is 4. The molecule has 1 aliphatic heterocycles. The Balaban J connectivity index is 1.69. The van der Waals surface area contributed by atoms with Gasteiger partial charge in [0.2, 0.25) is 0 Å². The largest absolute Gasteiger partial charge is 0.497 e. The van der Waals surface area contributed by atoms with Crippen LogP contribution in [0, 0.1) is 10.1 Å². The lowest BCUT2D eigenvalue weighted by molar-refractivity contribution is -0.384. The molecule has 1 aromatic heterocycles. The predicted octanol–water partition coefficient (Wildman–Crippen LogP) is 3.28. The van der Waals surface area contributed by atoms with Gasteiger partial charge in [-0.05, 0) is 35.9 Å². The normalized spacial score (nSPS) is 15.4. The van der Waals surface area contributed by atoms with Crippen molar-refractivity contribution in [3.8, 4) is 5.75 Å². The topological polar surface area (TPSA) is 189 Å². The van der Waals surface area contributed by atoms with E-state index in [0.29, 0.717) is 17.1 Å². The van der Waals surface area contributed by atoms with Gasteiger partial charge in [0.1, 0.15) is 11.4 Å². The van der Waals surface area contributed by atoms with Crippen LogP contribution in [0.4, 0.5) is 16.2 Å². The van der Waals surface area contributed by atoms with Crippen LogP contribution in [-0.4, -0.2) is 79.8 Å². The summed E-state index contributed by atoms with van der Waals surface area (Å²) in [7, 11) is 3.11. The molecule has 15 heteroatoms. The molecular weight excluding hydrogens is 586 g/mol. The second-order valence-corrected chi connectivity index (χ2v) is 11.5. The predicted molar refractivity (Wildman–Crippen MR) is 162 cm³/mol. The van der Waals surface area contributed by atoms with Gasteiger partial charge in [-0.15, -0.1) is 0 Å². The lowest BCUT2D eigenvalue weighted by atomic mass is 9.92. The average molecular weight is 622 g/mol. The van der Waals surface area contributed by atoms with Crippen LogP contribution in [0.5, 0.6) is 5.75 Å². The number of ether oxygens (including phenoxy) is 1. The number of rotatable bonds is 9. The van der Waals surface area contributed by atoms with Gasteiger partial charge < -0.3 is 25.4 Å². The number of nitro benzene ring substituents is 1. The van der Waals surface area contributed by atoms with Gasteiger partial charge in [0, 0.05) is 43.4 Å². The van der Waals surface area contributed by atoms with Crippen LogP contribution >= 0.6 is 0 Å². The number of anilines is 1. The van der Waals surface area contributed by atoms with E-state index >= 15 is 0 Å². The Morgan fingerprint density at radius 2 is 1.76 bits per heavy atom. The molecule has 1 fully saturated rings. The lowest BCUT2D eigenvalue weighted by Gasteiger charge is -2.30. The first-order valence-corrected chi connectivity index (χ1v) is 14.0. The number of nitrogens with one attached hydrogen (secondary N) is 2. The molecule has 0 saturated carbocycles. The number of methoxy groups -OCH3 is 1. The molecule has 2 aromatic carbocycles. The standard InChI is InChI=1S/C30H35N7O8/c1-30(2,3)24-17-23(34(4)33-24)28(41)35-13-14-36(29(42)31-19-9-11-21(45-5)12-10-19)27(35)26(40)32-22(16-25(38)39)18-7-6-8-20(15-18)37(43)44/h6-12,15,17,22,27H,13-14,16H2,1-5H3,(H,31,42)(H,32,40)(H,38,39). The van der Waals surface area contributed by atoms with Crippen LogP contribution < -0.4 is 15.4 Å². The molecule has 2 atom stereocenters. The van der Waals surface area contributed by atoms with Crippen molar-refractivity contribution in [2.75, 3.05) is 25.5 Å². The van der Waals surface area contributed by atoms with Crippen molar-refractivity contribution in [3.05, 3.63) is 81.7 Å². The third-order valence-electron chi connectivity index (χ3n) is 7.32. The summed E-state index contributed by atoms with van der Waals surface area (Å²) in [4.78, 5) is 66.3. The zero-order valence-electron chi connectivity index (χ0n) is 25.5. The highest BCUT2D eigenvalue weighted by atomic mass is 16.6. The number of carboxylic acids is 1. The summed E-state index contributed by atoms with van der Waals surface area (Å²) >= 11 is 0. The Labute approximate surface area is 258 Å². The van der Waals surface area contributed by atoms with Crippen molar-refractivity contribution in [2.24, 2.45) is 7.05 Å². The van der Waals surface area contributed by atoms with E-state index in [1.54, 1.807) is 37.4 Å². The number of carbonyl (C=O) groups is 4. The number of urea groups is 1. The first kappa shape index (κ1) is 32.4. The number of aliphatic carboxylic acids is 1. The summed E-state index contributed by atoms with van der Waals surface area (Å²) < 4.78 is 6.56. The Morgan fingerprint density at radius 3 is 2.33 bits per heavy atom. The molecule has 0 radical (unpaired) electrons. The SMILES string of the molecule is COc1ccc(NC(=O)N2CCN(C(=O)c3cc(C(C)(C)C)nn3C)C2C(=O)NC(CC(=O)O)c2cccc([N+](=O)[O-])c2)cc1. The van der Waals surface area contributed by atoms with Crippen molar-refractivity contribution in [3.63, 3.8) is 0 Å². The molecule has 0 bridgehead atoms. The summed E-state index contributed by atoms with van der Waals surface area (Å²) in [6, 6.07) is 11.5. The van der Waals surface area contributed by atoms with E-state index in [1.165, 1.54) is 45.9 Å². The molecule has 1 aliphatic rings. The number of aromatic nitrogens is 2. The average Bonchev–Trinajstić information content (AvgIpc) is 3.61. The van der Waals surface area contributed by atoms with Crippen molar-refractivity contribution >= 4 is 35.2 Å². The fourth-order valence-corrected chi connectivity index (χ4v) is 4.92. The minimum Gasteiger partial charge on any atom is -0.497 e. The number of nitro groups is 1. The zero-order valence-corrected chi connectivity index (χ0v) is 25.5. The summed E-state index contributed by atoms with van der Waals surface area (Å²) in [5.74, 6) is -2.11. The third-order valence-corrected chi connectivity index (χ3v) is 7.32. The third kappa shape index (κ3) is 7.37. The van der Waals surface area contributed by atoms with Gasteiger partial charge in [0.05, 0.1) is 30.2 Å². The fraction of sp³-hybridized carbons (Fsp3) is 0.367. The summed E-state index contributed by atoms with van der Waals surface area (Å²) in [6.45, 7) is 5.80. The molecule has 4 amide bonds. The van der Waals surface area contributed by atoms with Crippen LogP contribution in [0.15, 0.2) is 54.6 Å². The highest BCUT2D eigenvalue weighted by Crippen LogP contribution is 2.27. The molecule has 3 N–H and O–H groups in total. The van der Waals surface area contributed by atoms with E-state index < -0.39 is 47.4 Å². The monoisotopic (exact) mass is 621 g/mol. The van der Waals surface area contributed by atoms with Crippen LogP contribution in [0.2, 0.25) is 0 Å². The molecule has 0 aliphatic carbocycles. The van der Waals surface area contributed by atoms with Gasteiger partial charge >= 0.3 is 12.0 Å². The molecule has 3 aromatic rings. The van der Waals surface area contributed by atoms with E-state index in [9.17, 15) is 34.4 Å². The number of non-ortho nitro benzene ring substituents is 1. The maximum atomic E-state index is 14.0. The summed E-state index contributed by atoms with van der Waals surface area (Å²) in [6.07, 6.45) is -2.10. The first-order valence-electron chi connectivity index (χ1n) is 14.0. The maximum absolute atomic E-state index is 14.0. The number of nitrogens with zero attached hydrogens (tertiary/aromatic N) is 5. The van der Waals surface area contributed by atoms with Crippen LogP contribution in [0.25, 0.3) is 0 Å². The maximum Gasteiger partial charge on any atom is 0.323 e. The Morgan fingerprint density at radius 1 is 1.09 bits per heavy atom. The molecular formula is C30H35N7O8. The molecule has 4 rings (SSSR count). The lowest BCUT2D eigenvalue weighted by Crippen LogP contribution is -2.55. The molecule has 2 heterocycles. The van der Waals surface area contributed by atoms with Crippen molar-refractivity contribution in [1.29, 1.82) is 0 Å². The minimum absolute atomic E-state index is 0.0105. The number of carboxylic acid groups (broad SMARTS) is 1. The Bertz CT molecular complexity index is 1610. The van der Waals surface area contributed by atoms with E-state index in [-0.39, 0.29) is 35.4 Å². The van der Waals surface area contributed by atoms with Crippen molar-refractivity contribution in [1.82, 2.24) is 24.9 Å². The minimum atomic E-state index is -1.49. The van der Waals surface area contributed by atoms with Gasteiger partial charge in [-0.1, -0.05) is 32.9 Å². The first-order chi connectivity index (χ1) is 21.2. The van der Waals surface area contributed by atoms with Gasteiger partial charge in [0.25, 0.3) is 17.5 Å².